The van der Waals surface area contributed by atoms with Crippen molar-refractivity contribution in [2.24, 2.45) is 0 Å². The second kappa shape index (κ2) is 7.09. The van der Waals surface area contributed by atoms with Crippen molar-refractivity contribution in [3.05, 3.63) is 59.2 Å². The number of rotatable bonds is 2. The quantitative estimate of drug-likeness (QED) is 0.494. The van der Waals surface area contributed by atoms with Gasteiger partial charge < -0.3 is 9.15 Å². The van der Waals surface area contributed by atoms with Gasteiger partial charge >= 0.3 is 5.97 Å². The molecule has 0 fully saturated rings. The number of hydrogen-bond acceptors (Lipinski definition) is 4. The van der Waals surface area contributed by atoms with Gasteiger partial charge in [-0.1, -0.05) is 26.0 Å². The molecule has 0 saturated carbocycles. The van der Waals surface area contributed by atoms with Crippen LogP contribution in [0.25, 0.3) is 10.9 Å². The summed E-state index contributed by atoms with van der Waals surface area (Å²) in [6.45, 7) is 9.83. The summed E-state index contributed by atoms with van der Waals surface area (Å²) in [5.41, 5.74) is 3.56. The molecule has 3 aromatic rings. The van der Waals surface area contributed by atoms with Crippen LogP contribution in [0.15, 0.2) is 41.0 Å². The fraction of sp³-hybridized carbons (Fsp3) is 0.263. The number of ether oxygens (including phenoxy) is 1. The third-order valence-corrected chi connectivity index (χ3v) is 3.38. The van der Waals surface area contributed by atoms with Crippen LogP contribution in [0.4, 0.5) is 0 Å². The first-order valence-electron chi connectivity index (χ1n) is 7.69. The molecular weight excluding hydrogens is 290 g/mol. The van der Waals surface area contributed by atoms with Gasteiger partial charge in [0.2, 0.25) is 5.76 Å². The maximum atomic E-state index is 12.1. The Balaban J connectivity index is 0.000000924. The molecule has 0 radical (unpaired) electrons. The van der Waals surface area contributed by atoms with Crippen molar-refractivity contribution in [3.8, 4) is 5.75 Å². The smallest absolute Gasteiger partial charge is 0.379 e. The molecule has 0 aliphatic carbocycles. The number of carbonyl (C=O) groups is 1. The summed E-state index contributed by atoms with van der Waals surface area (Å²) < 4.78 is 10.6. The molecule has 3 rings (SSSR count). The van der Waals surface area contributed by atoms with E-state index in [-0.39, 0.29) is 5.76 Å². The van der Waals surface area contributed by atoms with Gasteiger partial charge in [-0.05, 0) is 50.1 Å². The summed E-state index contributed by atoms with van der Waals surface area (Å²) in [7, 11) is 0. The van der Waals surface area contributed by atoms with E-state index in [4.69, 9.17) is 9.15 Å². The van der Waals surface area contributed by atoms with Gasteiger partial charge in [-0.15, -0.1) is 0 Å². The normalized spacial score (nSPS) is 10.1. The van der Waals surface area contributed by atoms with E-state index >= 15 is 0 Å². The Kier molecular flexibility index (Phi) is 5.16. The molecule has 4 nitrogen and oxygen atoms in total. The van der Waals surface area contributed by atoms with Crippen LogP contribution in [0.2, 0.25) is 0 Å². The van der Waals surface area contributed by atoms with Gasteiger partial charge in [0.25, 0.3) is 0 Å². The molecule has 23 heavy (non-hydrogen) atoms. The maximum absolute atomic E-state index is 12.1. The lowest BCUT2D eigenvalue weighted by Gasteiger charge is -2.12. The first-order valence-corrected chi connectivity index (χ1v) is 7.69. The van der Waals surface area contributed by atoms with Crippen LogP contribution in [0.3, 0.4) is 0 Å². The largest absolute Gasteiger partial charge is 0.457 e. The van der Waals surface area contributed by atoms with E-state index in [1.807, 2.05) is 52.8 Å². The predicted octanol–water partition coefficient (Wildman–Crippen LogP) is 5.00. The van der Waals surface area contributed by atoms with Gasteiger partial charge in [0.05, 0.1) is 6.26 Å². The number of pyridine rings is 1. The zero-order valence-corrected chi connectivity index (χ0v) is 14.1. The van der Waals surface area contributed by atoms with Gasteiger partial charge in [-0.25, -0.2) is 9.78 Å². The van der Waals surface area contributed by atoms with Crippen LogP contribution >= 0.6 is 0 Å². The Morgan fingerprint density at radius 1 is 1.09 bits per heavy atom. The number of furan rings is 1. The average molecular weight is 311 g/mol. The van der Waals surface area contributed by atoms with E-state index < -0.39 is 5.97 Å². The van der Waals surface area contributed by atoms with E-state index in [1.54, 1.807) is 12.1 Å². The molecule has 1 aromatic carbocycles. The highest BCUT2D eigenvalue weighted by Crippen LogP contribution is 2.31. The lowest BCUT2D eigenvalue weighted by molar-refractivity contribution is 0.0702. The molecule has 0 atom stereocenters. The fourth-order valence-corrected chi connectivity index (χ4v) is 2.37. The minimum absolute atomic E-state index is 0.177. The van der Waals surface area contributed by atoms with E-state index in [2.05, 4.69) is 4.98 Å². The summed E-state index contributed by atoms with van der Waals surface area (Å²) in [4.78, 5) is 16.6. The van der Waals surface area contributed by atoms with Gasteiger partial charge in [-0.2, -0.15) is 0 Å². The zero-order chi connectivity index (χ0) is 17.0. The van der Waals surface area contributed by atoms with E-state index in [9.17, 15) is 4.79 Å². The molecule has 0 amide bonds. The van der Waals surface area contributed by atoms with Gasteiger partial charge in [0.15, 0.2) is 5.75 Å². The third kappa shape index (κ3) is 3.42. The zero-order valence-electron chi connectivity index (χ0n) is 14.1. The van der Waals surface area contributed by atoms with Gasteiger partial charge in [-0.3, -0.25) is 0 Å². The SMILES string of the molecule is CC.Cc1ccc2c(C)cc(C)c(OC(=O)c3ccco3)c2n1. The Hall–Kier alpha value is -2.62. The number of esters is 1. The molecule has 4 heteroatoms. The van der Waals surface area contributed by atoms with Gasteiger partial charge in [0, 0.05) is 11.1 Å². The second-order valence-electron chi connectivity index (χ2n) is 5.06. The average Bonchev–Trinajstić information content (AvgIpc) is 3.07. The number of benzene rings is 1. The first kappa shape index (κ1) is 16.7. The van der Waals surface area contributed by atoms with Crippen molar-refractivity contribution in [1.82, 2.24) is 4.98 Å². The molecule has 0 N–H and O–H groups in total. The molecule has 0 aliphatic rings. The van der Waals surface area contributed by atoms with Crippen molar-refractivity contribution in [2.45, 2.75) is 34.6 Å². The van der Waals surface area contributed by atoms with Crippen LogP contribution in [0.1, 0.15) is 41.2 Å². The Morgan fingerprint density at radius 2 is 1.83 bits per heavy atom. The van der Waals surface area contributed by atoms with Crippen molar-refractivity contribution >= 4 is 16.9 Å². The summed E-state index contributed by atoms with van der Waals surface area (Å²) in [6.07, 6.45) is 1.44. The minimum atomic E-state index is -0.517. The van der Waals surface area contributed by atoms with Gasteiger partial charge in [0.1, 0.15) is 5.52 Å². The second-order valence-corrected chi connectivity index (χ2v) is 5.06. The summed E-state index contributed by atoms with van der Waals surface area (Å²) in [5, 5.41) is 0.980. The first-order chi connectivity index (χ1) is 11.1. The number of aromatic nitrogens is 1. The lowest BCUT2D eigenvalue weighted by atomic mass is 10.0. The lowest BCUT2D eigenvalue weighted by Crippen LogP contribution is -2.09. The fourth-order valence-electron chi connectivity index (χ4n) is 2.37. The van der Waals surface area contributed by atoms with E-state index in [0.717, 1.165) is 22.2 Å². The van der Waals surface area contributed by atoms with Crippen LogP contribution in [0, 0.1) is 20.8 Å². The van der Waals surface area contributed by atoms with Crippen molar-refractivity contribution in [3.63, 3.8) is 0 Å². The summed E-state index contributed by atoms with van der Waals surface area (Å²) in [6, 6.07) is 9.16. The standard InChI is InChI=1S/C17H15NO3.C2H6/c1-10-9-11(2)16(15-13(10)7-6-12(3)18-15)21-17(19)14-5-4-8-20-14;1-2/h4-9H,1-3H3;1-2H3. The molecule has 0 saturated heterocycles. The highest BCUT2D eigenvalue weighted by molar-refractivity contribution is 5.94. The molecular formula is C19H21NO3. The van der Waals surface area contributed by atoms with E-state index in [0.29, 0.717) is 11.3 Å². The number of nitrogens with zero attached hydrogens (tertiary/aromatic N) is 1. The molecule has 0 spiro atoms. The molecule has 0 unspecified atom stereocenters. The van der Waals surface area contributed by atoms with Crippen molar-refractivity contribution in [2.75, 3.05) is 0 Å². The Morgan fingerprint density at radius 3 is 2.48 bits per heavy atom. The van der Waals surface area contributed by atoms with Crippen LogP contribution < -0.4 is 4.74 Å². The number of fused-ring (bicyclic) bond motifs is 1. The molecule has 0 bridgehead atoms. The highest BCUT2D eigenvalue weighted by atomic mass is 16.5. The van der Waals surface area contributed by atoms with Crippen molar-refractivity contribution in [1.29, 1.82) is 0 Å². The summed E-state index contributed by atoms with van der Waals surface area (Å²) >= 11 is 0. The molecule has 120 valence electrons. The Labute approximate surface area is 136 Å². The number of hydrogen-bond donors (Lipinski definition) is 0. The Bertz CT molecular complexity index is 820. The summed E-state index contributed by atoms with van der Waals surface area (Å²) in [5.74, 6) is 0.146. The monoisotopic (exact) mass is 311 g/mol. The molecule has 2 heterocycles. The van der Waals surface area contributed by atoms with Crippen LogP contribution in [-0.4, -0.2) is 11.0 Å². The van der Waals surface area contributed by atoms with Crippen molar-refractivity contribution < 1.29 is 13.9 Å². The van der Waals surface area contributed by atoms with Crippen LogP contribution in [0.5, 0.6) is 5.75 Å². The predicted molar refractivity (Wildman–Crippen MR) is 91.0 cm³/mol. The number of carbonyl (C=O) groups excluding carboxylic acids is 1. The molecule has 0 aliphatic heterocycles. The van der Waals surface area contributed by atoms with E-state index in [1.165, 1.54) is 6.26 Å². The minimum Gasteiger partial charge on any atom is -0.457 e. The van der Waals surface area contributed by atoms with Crippen LogP contribution in [-0.2, 0) is 0 Å². The maximum Gasteiger partial charge on any atom is 0.379 e. The topological polar surface area (TPSA) is 52.3 Å². The third-order valence-electron chi connectivity index (χ3n) is 3.38. The highest BCUT2D eigenvalue weighted by Gasteiger charge is 2.17. The molecule has 2 aromatic heterocycles. The number of aryl methyl sites for hydroxylation is 3.